The molecular formula is C21H21N3O6S. The summed E-state index contributed by atoms with van der Waals surface area (Å²) in [4.78, 5) is 47.3. The van der Waals surface area contributed by atoms with E-state index >= 15 is 0 Å². The van der Waals surface area contributed by atoms with Gasteiger partial charge in [0.15, 0.2) is 0 Å². The van der Waals surface area contributed by atoms with E-state index in [1.807, 2.05) is 6.26 Å². The summed E-state index contributed by atoms with van der Waals surface area (Å²) in [5.74, 6) is -2.09. The van der Waals surface area contributed by atoms with Gasteiger partial charge in [-0.15, -0.1) is 0 Å². The van der Waals surface area contributed by atoms with Gasteiger partial charge in [-0.3, -0.25) is 19.7 Å². The fraction of sp³-hybridized carbons (Fsp3) is 0.190. The summed E-state index contributed by atoms with van der Waals surface area (Å²) in [7, 11) is 0. The second-order valence-corrected chi connectivity index (χ2v) is 7.36. The molecule has 0 unspecified atom stereocenters. The van der Waals surface area contributed by atoms with Crippen molar-refractivity contribution in [3.63, 3.8) is 0 Å². The molecule has 31 heavy (non-hydrogen) atoms. The molecule has 0 radical (unpaired) electrons. The largest absolute Gasteiger partial charge is 0.480 e. The minimum absolute atomic E-state index is 0.189. The van der Waals surface area contributed by atoms with Gasteiger partial charge in [-0.05, 0) is 42.2 Å². The lowest BCUT2D eigenvalue weighted by Crippen LogP contribution is -2.44. The second kappa shape index (κ2) is 11.5. The number of carboxylic acids is 1. The Morgan fingerprint density at radius 1 is 1.16 bits per heavy atom. The van der Waals surface area contributed by atoms with E-state index in [1.165, 1.54) is 42.1 Å². The van der Waals surface area contributed by atoms with Crippen molar-refractivity contribution in [3.05, 3.63) is 81.5 Å². The quantitative estimate of drug-likeness (QED) is 0.291. The number of nitro benzene ring substituents is 1. The normalized spacial score (nSPS) is 12.0. The van der Waals surface area contributed by atoms with E-state index in [0.29, 0.717) is 11.3 Å². The van der Waals surface area contributed by atoms with Crippen LogP contribution in [0.5, 0.6) is 0 Å². The van der Waals surface area contributed by atoms with Crippen LogP contribution in [0.25, 0.3) is 6.08 Å². The van der Waals surface area contributed by atoms with E-state index in [2.05, 4.69) is 10.6 Å². The minimum Gasteiger partial charge on any atom is -0.480 e. The number of nitrogens with one attached hydrogen (secondary N) is 2. The van der Waals surface area contributed by atoms with Gasteiger partial charge < -0.3 is 15.7 Å². The lowest BCUT2D eigenvalue weighted by Gasteiger charge is -2.16. The van der Waals surface area contributed by atoms with Gasteiger partial charge in [0, 0.05) is 17.7 Å². The molecule has 2 amide bonds. The third-order valence-corrected chi connectivity index (χ3v) is 4.78. The van der Waals surface area contributed by atoms with Crippen LogP contribution in [0.3, 0.4) is 0 Å². The first-order valence-corrected chi connectivity index (χ1v) is 10.6. The van der Waals surface area contributed by atoms with Crippen LogP contribution in [0.4, 0.5) is 5.69 Å². The summed E-state index contributed by atoms with van der Waals surface area (Å²) in [6.07, 6.45) is 3.27. The monoisotopic (exact) mass is 443 g/mol. The van der Waals surface area contributed by atoms with Crippen molar-refractivity contribution in [1.29, 1.82) is 0 Å². The lowest BCUT2D eigenvalue weighted by atomic mass is 10.1. The molecule has 1 atom stereocenters. The van der Waals surface area contributed by atoms with Crippen molar-refractivity contribution in [3.8, 4) is 0 Å². The van der Waals surface area contributed by atoms with Gasteiger partial charge in [0.1, 0.15) is 11.7 Å². The SMILES string of the molecule is CSCC[C@H](NC(=O)/C(=C\c1cccc([N+](=O)[O-])c1)NC(=O)c1ccccc1)C(=O)O. The van der Waals surface area contributed by atoms with Crippen LogP contribution >= 0.6 is 11.8 Å². The summed E-state index contributed by atoms with van der Waals surface area (Å²) in [5.41, 5.74) is 0.164. The molecule has 9 nitrogen and oxygen atoms in total. The predicted molar refractivity (Wildman–Crippen MR) is 118 cm³/mol. The van der Waals surface area contributed by atoms with E-state index in [-0.39, 0.29) is 23.4 Å². The van der Waals surface area contributed by atoms with Crippen molar-refractivity contribution in [2.45, 2.75) is 12.5 Å². The Balaban J connectivity index is 2.35. The topological polar surface area (TPSA) is 139 Å². The van der Waals surface area contributed by atoms with Crippen LogP contribution < -0.4 is 10.6 Å². The number of benzene rings is 2. The van der Waals surface area contributed by atoms with E-state index in [9.17, 15) is 29.6 Å². The summed E-state index contributed by atoms with van der Waals surface area (Å²) in [6, 6.07) is 12.5. The third kappa shape index (κ3) is 7.27. The van der Waals surface area contributed by atoms with Crippen molar-refractivity contribution >= 4 is 41.3 Å². The number of amides is 2. The Kier molecular flexibility index (Phi) is 8.77. The number of carbonyl (C=O) groups is 3. The average molecular weight is 443 g/mol. The fourth-order valence-electron chi connectivity index (χ4n) is 2.57. The maximum absolute atomic E-state index is 12.8. The molecule has 0 spiro atoms. The Morgan fingerprint density at radius 3 is 2.48 bits per heavy atom. The molecule has 162 valence electrons. The molecule has 10 heteroatoms. The maximum Gasteiger partial charge on any atom is 0.326 e. The Labute approximate surface area is 182 Å². The number of carbonyl (C=O) groups excluding carboxylic acids is 2. The summed E-state index contributed by atoms with van der Waals surface area (Å²) in [5, 5.41) is 25.3. The number of hydrogen-bond donors (Lipinski definition) is 3. The van der Waals surface area contributed by atoms with Gasteiger partial charge in [0.2, 0.25) is 0 Å². The lowest BCUT2D eigenvalue weighted by molar-refractivity contribution is -0.384. The van der Waals surface area contributed by atoms with Crippen LogP contribution in [0, 0.1) is 10.1 Å². The highest BCUT2D eigenvalue weighted by Crippen LogP contribution is 2.16. The number of thioether (sulfide) groups is 1. The zero-order chi connectivity index (χ0) is 22.8. The Morgan fingerprint density at radius 2 is 1.87 bits per heavy atom. The Bertz CT molecular complexity index is 994. The highest BCUT2D eigenvalue weighted by atomic mass is 32.2. The molecule has 0 bridgehead atoms. The molecule has 0 saturated heterocycles. The molecule has 2 aromatic carbocycles. The summed E-state index contributed by atoms with van der Waals surface area (Å²) >= 11 is 1.43. The van der Waals surface area contributed by atoms with Gasteiger partial charge in [0.05, 0.1) is 4.92 Å². The molecule has 2 rings (SSSR count). The highest BCUT2D eigenvalue weighted by Gasteiger charge is 2.23. The van der Waals surface area contributed by atoms with E-state index in [4.69, 9.17) is 0 Å². The third-order valence-electron chi connectivity index (χ3n) is 4.13. The second-order valence-electron chi connectivity index (χ2n) is 6.38. The zero-order valence-electron chi connectivity index (χ0n) is 16.6. The molecule has 0 aliphatic heterocycles. The molecular weight excluding hydrogens is 422 g/mol. The fourth-order valence-corrected chi connectivity index (χ4v) is 3.04. The predicted octanol–water partition coefficient (Wildman–Crippen LogP) is 2.69. The first-order valence-electron chi connectivity index (χ1n) is 9.17. The molecule has 0 fully saturated rings. The van der Waals surface area contributed by atoms with E-state index < -0.39 is 28.7 Å². The minimum atomic E-state index is -1.20. The molecule has 0 saturated carbocycles. The van der Waals surface area contributed by atoms with Crippen LogP contribution in [-0.2, 0) is 9.59 Å². The first kappa shape index (κ1) is 23.6. The molecule has 0 aliphatic rings. The van der Waals surface area contributed by atoms with Crippen molar-refractivity contribution < 1.29 is 24.4 Å². The number of hydrogen-bond acceptors (Lipinski definition) is 6. The van der Waals surface area contributed by atoms with Gasteiger partial charge in [-0.25, -0.2) is 4.79 Å². The number of carboxylic acid groups (broad SMARTS) is 1. The maximum atomic E-state index is 12.8. The highest BCUT2D eigenvalue weighted by molar-refractivity contribution is 7.98. The smallest absolute Gasteiger partial charge is 0.326 e. The van der Waals surface area contributed by atoms with Crippen molar-refractivity contribution in [2.75, 3.05) is 12.0 Å². The van der Waals surface area contributed by atoms with E-state index in [0.717, 1.165) is 0 Å². The van der Waals surface area contributed by atoms with Gasteiger partial charge in [0.25, 0.3) is 17.5 Å². The summed E-state index contributed by atoms with van der Waals surface area (Å²) < 4.78 is 0. The molecule has 0 aliphatic carbocycles. The average Bonchev–Trinajstić information content (AvgIpc) is 2.76. The molecule has 0 heterocycles. The van der Waals surface area contributed by atoms with E-state index in [1.54, 1.807) is 30.3 Å². The van der Waals surface area contributed by atoms with Crippen molar-refractivity contribution in [2.24, 2.45) is 0 Å². The van der Waals surface area contributed by atoms with Crippen LogP contribution in [0.1, 0.15) is 22.3 Å². The van der Waals surface area contributed by atoms with Crippen LogP contribution in [-0.4, -0.2) is 45.9 Å². The molecule has 2 aromatic rings. The number of non-ortho nitro benzene ring substituents is 1. The van der Waals surface area contributed by atoms with Crippen LogP contribution in [0.15, 0.2) is 60.3 Å². The van der Waals surface area contributed by atoms with Crippen molar-refractivity contribution in [1.82, 2.24) is 10.6 Å². The number of nitrogens with zero attached hydrogens (tertiary/aromatic N) is 1. The zero-order valence-corrected chi connectivity index (χ0v) is 17.4. The first-order chi connectivity index (χ1) is 14.8. The molecule has 3 N–H and O–H groups in total. The van der Waals surface area contributed by atoms with Gasteiger partial charge in [-0.1, -0.05) is 30.3 Å². The van der Waals surface area contributed by atoms with Crippen LogP contribution in [0.2, 0.25) is 0 Å². The molecule has 0 aromatic heterocycles. The number of rotatable bonds is 10. The number of aliphatic carboxylic acids is 1. The Hall–Kier alpha value is -3.66. The number of nitro groups is 1. The summed E-state index contributed by atoms with van der Waals surface area (Å²) in [6.45, 7) is 0. The van der Waals surface area contributed by atoms with Gasteiger partial charge >= 0.3 is 5.97 Å². The standard InChI is InChI=1S/C21H21N3O6S/c1-31-11-10-17(21(27)28)22-20(26)18(23-19(25)15-7-3-2-4-8-15)13-14-6-5-9-16(12-14)24(29)30/h2-9,12-13,17H,10-11H2,1H3,(H,22,26)(H,23,25)(H,27,28)/b18-13+/t17-/m0/s1. The van der Waals surface area contributed by atoms with Gasteiger partial charge in [-0.2, -0.15) is 11.8 Å².